The van der Waals surface area contributed by atoms with Crippen LogP contribution in [-0.4, -0.2) is 5.97 Å². The number of esters is 1. The third-order valence-corrected chi connectivity index (χ3v) is 4.89. The van der Waals surface area contributed by atoms with Crippen LogP contribution in [0.4, 0.5) is 0 Å². The molecule has 0 heterocycles. The number of carbonyl (C=O) groups excluding carboxylic acids is 1. The fourth-order valence-corrected chi connectivity index (χ4v) is 3.93. The van der Waals surface area contributed by atoms with Crippen molar-refractivity contribution in [2.75, 3.05) is 0 Å². The van der Waals surface area contributed by atoms with Crippen LogP contribution in [0.15, 0.2) is 55.1 Å². The molecular formula is C22H14O2. The lowest BCUT2D eigenvalue weighted by Gasteiger charge is -2.24. The molecule has 1 atom stereocenters. The van der Waals surface area contributed by atoms with Gasteiger partial charge in [-0.2, -0.15) is 0 Å². The molecule has 0 N–H and O–H groups in total. The summed E-state index contributed by atoms with van der Waals surface area (Å²) in [5.74, 6) is -0.403. The summed E-state index contributed by atoms with van der Waals surface area (Å²) in [5.41, 5.74) is 3.39. The summed E-state index contributed by atoms with van der Waals surface area (Å²) < 4.78 is 5.62. The van der Waals surface area contributed by atoms with Crippen molar-refractivity contribution in [1.29, 1.82) is 0 Å². The largest absolute Gasteiger partial charge is 0.450 e. The molecule has 1 unspecified atom stereocenters. The first-order valence-electron chi connectivity index (χ1n) is 7.98. The van der Waals surface area contributed by atoms with Gasteiger partial charge in [-0.3, -0.25) is 0 Å². The van der Waals surface area contributed by atoms with Crippen LogP contribution in [0.5, 0.6) is 0 Å². The number of rotatable bonds is 2. The quantitative estimate of drug-likeness (QED) is 0.520. The molecule has 3 aromatic rings. The highest BCUT2D eigenvalue weighted by Gasteiger charge is 2.26. The van der Waals surface area contributed by atoms with E-state index in [0.717, 1.165) is 11.1 Å². The minimum Gasteiger partial charge on any atom is -0.450 e. The Morgan fingerprint density at radius 2 is 2.04 bits per heavy atom. The molecule has 2 nitrogen and oxygen atoms in total. The van der Waals surface area contributed by atoms with Gasteiger partial charge in [0, 0.05) is 11.6 Å². The van der Waals surface area contributed by atoms with Gasteiger partial charge in [0.2, 0.25) is 0 Å². The molecule has 2 aliphatic rings. The molecule has 0 saturated heterocycles. The van der Waals surface area contributed by atoms with E-state index in [0.29, 0.717) is 0 Å². The first kappa shape index (κ1) is 13.3. The van der Waals surface area contributed by atoms with Gasteiger partial charge in [-0.05, 0) is 44.0 Å². The van der Waals surface area contributed by atoms with E-state index in [4.69, 9.17) is 4.74 Å². The molecule has 0 spiro atoms. The number of hydrogen-bond donors (Lipinski definition) is 0. The summed E-state index contributed by atoms with van der Waals surface area (Å²) in [6, 6.07) is 10.7. The fourth-order valence-electron chi connectivity index (χ4n) is 3.93. The molecule has 2 aliphatic carbocycles. The molecule has 5 rings (SSSR count). The van der Waals surface area contributed by atoms with Gasteiger partial charge >= 0.3 is 5.97 Å². The lowest BCUT2D eigenvalue weighted by molar-refractivity contribution is -0.141. The third-order valence-electron chi connectivity index (χ3n) is 4.89. The molecule has 3 aromatic carbocycles. The van der Waals surface area contributed by atoms with Gasteiger partial charge in [0.25, 0.3) is 0 Å². The first-order chi connectivity index (χ1) is 11.8. The highest BCUT2D eigenvalue weighted by molar-refractivity contribution is 6.16. The van der Waals surface area contributed by atoms with E-state index < -0.39 is 5.97 Å². The Bertz CT molecular complexity index is 1160. The SMILES string of the molecule is C=CC(=O)OC1C=Cc2ccc3cccc4c5c(c1c2c34)C=CC=5. The van der Waals surface area contributed by atoms with Gasteiger partial charge in [0.15, 0.2) is 0 Å². The summed E-state index contributed by atoms with van der Waals surface area (Å²) in [6.45, 7) is 3.51. The van der Waals surface area contributed by atoms with E-state index in [2.05, 4.69) is 55.1 Å². The van der Waals surface area contributed by atoms with Crippen molar-refractivity contribution in [1.82, 2.24) is 0 Å². The number of benzene rings is 3. The van der Waals surface area contributed by atoms with Gasteiger partial charge in [-0.25, -0.2) is 4.79 Å². The van der Waals surface area contributed by atoms with Crippen molar-refractivity contribution >= 4 is 45.7 Å². The molecule has 0 amide bonds. The second kappa shape index (κ2) is 4.68. The fraction of sp³-hybridized carbons (Fsp3) is 0.0455. The normalized spacial score (nSPS) is 17.1. The number of ether oxygens (including phenoxy) is 1. The summed E-state index contributed by atoms with van der Waals surface area (Å²) in [5, 5.41) is 6.09. The highest BCUT2D eigenvalue weighted by atomic mass is 16.5. The number of allylic oxidation sites excluding steroid dienone is 1. The van der Waals surface area contributed by atoms with Crippen molar-refractivity contribution in [3.8, 4) is 0 Å². The maximum atomic E-state index is 11.8. The molecule has 0 bridgehead atoms. The molecule has 0 fully saturated rings. The molecule has 0 saturated carbocycles. The van der Waals surface area contributed by atoms with E-state index in [9.17, 15) is 4.79 Å². The van der Waals surface area contributed by atoms with Crippen LogP contribution < -0.4 is 5.22 Å². The Kier molecular flexibility index (Phi) is 2.60. The third kappa shape index (κ3) is 1.63. The first-order valence-corrected chi connectivity index (χ1v) is 7.98. The molecule has 0 radical (unpaired) electrons. The summed E-state index contributed by atoms with van der Waals surface area (Å²) in [6.07, 6.45) is 11.1. The minimum absolute atomic E-state index is 0.386. The Morgan fingerprint density at radius 3 is 2.92 bits per heavy atom. The molecule has 0 aromatic heterocycles. The van der Waals surface area contributed by atoms with Crippen LogP contribution in [0.3, 0.4) is 0 Å². The van der Waals surface area contributed by atoms with Crippen molar-refractivity contribution < 1.29 is 9.53 Å². The highest BCUT2D eigenvalue weighted by Crippen LogP contribution is 2.41. The van der Waals surface area contributed by atoms with Crippen LogP contribution in [0.1, 0.15) is 22.8 Å². The molecule has 0 aliphatic heterocycles. The standard InChI is InChI=1S/C22H14O2/c1-2-19(23)24-18-12-11-14-10-9-13-5-3-7-16-15-6-4-8-17(15)22(18)21(14)20(13)16/h2-12,18H,1H2. The lowest BCUT2D eigenvalue weighted by Crippen LogP contribution is -2.17. The van der Waals surface area contributed by atoms with Crippen molar-refractivity contribution in [3.05, 3.63) is 77.0 Å². The second-order valence-corrected chi connectivity index (χ2v) is 6.12. The Hall–Kier alpha value is -3.13. The van der Waals surface area contributed by atoms with Gasteiger partial charge < -0.3 is 4.74 Å². The van der Waals surface area contributed by atoms with Crippen LogP contribution in [-0.2, 0) is 9.53 Å². The summed E-state index contributed by atoms with van der Waals surface area (Å²) in [7, 11) is 0. The van der Waals surface area contributed by atoms with Crippen molar-refractivity contribution in [2.45, 2.75) is 6.10 Å². The average molecular weight is 310 g/mol. The van der Waals surface area contributed by atoms with Crippen molar-refractivity contribution in [3.63, 3.8) is 0 Å². The summed E-state index contributed by atoms with van der Waals surface area (Å²) >= 11 is 0. The molecule has 2 heteroatoms. The van der Waals surface area contributed by atoms with Gasteiger partial charge in [-0.1, -0.05) is 61.2 Å². The van der Waals surface area contributed by atoms with Crippen LogP contribution in [0, 0.1) is 0 Å². The Labute approximate surface area is 139 Å². The predicted octanol–water partition coefficient (Wildman–Crippen LogP) is 4.32. The van der Waals surface area contributed by atoms with Crippen LogP contribution >= 0.6 is 0 Å². The number of hydrogen-bond acceptors (Lipinski definition) is 2. The van der Waals surface area contributed by atoms with Gasteiger partial charge in [-0.15, -0.1) is 0 Å². The zero-order valence-corrected chi connectivity index (χ0v) is 13.0. The molecule has 114 valence electrons. The van der Waals surface area contributed by atoms with Gasteiger partial charge in [0.05, 0.1) is 0 Å². The van der Waals surface area contributed by atoms with E-state index in [-0.39, 0.29) is 6.10 Å². The maximum absolute atomic E-state index is 11.8. The Morgan fingerprint density at radius 1 is 1.12 bits per heavy atom. The smallest absolute Gasteiger partial charge is 0.331 e. The van der Waals surface area contributed by atoms with Crippen LogP contribution in [0.25, 0.3) is 39.8 Å². The van der Waals surface area contributed by atoms with E-state index in [1.165, 1.54) is 38.4 Å². The molecule has 24 heavy (non-hydrogen) atoms. The lowest BCUT2D eigenvalue weighted by atomic mass is 9.84. The summed E-state index contributed by atoms with van der Waals surface area (Å²) in [4.78, 5) is 11.8. The maximum Gasteiger partial charge on any atom is 0.331 e. The number of fused-ring (bicyclic) bond motifs is 3. The second-order valence-electron chi connectivity index (χ2n) is 6.12. The van der Waals surface area contributed by atoms with Crippen molar-refractivity contribution in [2.24, 2.45) is 0 Å². The molecular weight excluding hydrogens is 296 g/mol. The average Bonchev–Trinajstić information content (AvgIpc) is 3.10. The number of carbonyl (C=O) groups is 1. The zero-order chi connectivity index (χ0) is 16.3. The monoisotopic (exact) mass is 310 g/mol. The predicted molar refractivity (Wildman–Crippen MR) is 98.2 cm³/mol. The van der Waals surface area contributed by atoms with Crippen LogP contribution in [0.2, 0.25) is 0 Å². The van der Waals surface area contributed by atoms with Gasteiger partial charge in [0.1, 0.15) is 6.10 Å². The van der Waals surface area contributed by atoms with E-state index >= 15 is 0 Å². The Balaban J connectivity index is 1.96. The van der Waals surface area contributed by atoms with E-state index in [1.807, 2.05) is 12.2 Å². The topological polar surface area (TPSA) is 26.3 Å². The minimum atomic E-state index is -0.403. The van der Waals surface area contributed by atoms with E-state index in [1.54, 1.807) is 0 Å². The zero-order valence-electron chi connectivity index (χ0n) is 13.0.